The number of aryl methyl sites for hydroxylation is 1. The number of aromatic nitrogens is 3. The molecule has 3 atom stereocenters. The number of nitrogens with one attached hydrogen (secondary N) is 1. The summed E-state index contributed by atoms with van der Waals surface area (Å²) in [4.78, 5) is 30.1. The van der Waals surface area contributed by atoms with E-state index in [9.17, 15) is 18.4 Å². The van der Waals surface area contributed by atoms with Crippen molar-refractivity contribution in [2.75, 3.05) is 19.0 Å². The third kappa shape index (κ3) is 4.30. The van der Waals surface area contributed by atoms with E-state index in [4.69, 9.17) is 4.74 Å². The van der Waals surface area contributed by atoms with Crippen molar-refractivity contribution in [3.05, 3.63) is 40.8 Å². The highest BCUT2D eigenvalue weighted by Gasteiger charge is 2.59. The molecule has 2 aliphatic rings. The number of hydrogen-bond donors (Lipinski definition) is 1. The maximum absolute atomic E-state index is 13.4. The molecule has 3 heterocycles. The SMILES string of the molecule is CC1OCc2cnc(C(=O)N[C@H](C=O)CCn3nc([C@@H]4CC4(F)F)cc3N(C)C)cc21. The molecule has 0 saturated heterocycles. The molecule has 8 nitrogen and oxygen atoms in total. The number of carbonyl (C=O) groups excluding carboxylic acids is 2. The molecule has 0 spiro atoms. The molecule has 2 aromatic rings. The highest BCUT2D eigenvalue weighted by molar-refractivity contribution is 5.94. The van der Waals surface area contributed by atoms with E-state index in [1.807, 2.05) is 6.92 Å². The number of halogens is 2. The zero-order chi connectivity index (χ0) is 22.3. The van der Waals surface area contributed by atoms with Crippen LogP contribution in [0.15, 0.2) is 18.3 Å². The summed E-state index contributed by atoms with van der Waals surface area (Å²) in [5.74, 6) is -3.34. The molecule has 10 heteroatoms. The molecule has 0 aromatic carbocycles. The summed E-state index contributed by atoms with van der Waals surface area (Å²) in [5, 5.41) is 7.00. The number of nitrogens with zero attached hydrogens (tertiary/aromatic N) is 4. The summed E-state index contributed by atoms with van der Waals surface area (Å²) in [7, 11) is 3.59. The molecular formula is C21H25F2N5O3. The molecule has 4 rings (SSSR count). The van der Waals surface area contributed by atoms with Crippen LogP contribution in [0, 0.1) is 0 Å². The second kappa shape index (κ2) is 7.99. The summed E-state index contributed by atoms with van der Waals surface area (Å²) in [6.07, 6.45) is 2.24. The van der Waals surface area contributed by atoms with Gasteiger partial charge in [-0.3, -0.25) is 9.78 Å². The van der Waals surface area contributed by atoms with Crippen molar-refractivity contribution >= 4 is 18.0 Å². The van der Waals surface area contributed by atoms with Crippen LogP contribution in [0.5, 0.6) is 0 Å². The lowest BCUT2D eigenvalue weighted by Gasteiger charge is -2.17. The van der Waals surface area contributed by atoms with Crippen LogP contribution in [0.1, 0.15) is 59.1 Å². The fourth-order valence-electron chi connectivity index (χ4n) is 3.76. The van der Waals surface area contributed by atoms with Crippen LogP contribution in [-0.2, 0) is 22.7 Å². The Morgan fingerprint density at radius 1 is 1.45 bits per heavy atom. The third-order valence-corrected chi connectivity index (χ3v) is 5.73. The summed E-state index contributed by atoms with van der Waals surface area (Å²) in [6.45, 7) is 2.66. The Balaban J connectivity index is 1.41. The Morgan fingerprint density at radius 3 is 2.84 bits per heavy atom. The minimum absolute atomic E-state index is 0.108. The van der Waals surface area contributed by atoms with E-state index < -0.39 is 23.8 Å². The van der Waals surface area contributed by atoms with Gasteiger partial charge >= 0.3 is 0 Å². The fraction of sp³-hybridized carbons (Fsp3) is 0.524. The van der Waals surface area contributed by atoms with Gasteiger partial charge in [0, 0.05) is 44.9 Å². The third-order valence-electron chi connectivity index (χ3n) is 5.73. The average molecular weight is 433 g/mol. The zero-order valence-corrected chi connectivity index (χ0v) is 17.6. The molecule has 0 bridgehead atoms. The lowest BCUT2D eigenvalue weighted by molar-refractivity contribution is -0.109. The van der Waals surface area contributed by atoms with Gasteiger partial charge in [-0.25, -0.2) is 13.5 Å². The molecule has 1 unspecified atom stereocenters. The van der Waals surface area contributed by atoms with Gasteiger partial charge in [0.05, 0.1) is 30.4 Å². The number of rotatable bonds is 8. The van der Waals surface area contributed by atoms with E-state index >= 15 is 0 Å². The maximum atomic E-state index is 13.4. The number of amides is 1. The van der Waals surface area contributed by atoms with Crippen LogP contribution >= 0.6 is 0 Å². The lowest BCUT2D eigenvalue weighted by Crippen LogP contribution is -2.37. The molecule has 166 valence electrons. The highest BCUT2D eigenvalue weighted by atomic mass is 19.3. The summed E-state index contributed by atoms with van der Waals surface area (Å²) in [6, 6.07) is 2.57. The van der Waals surface area contributed by atoms with Crippen molar-refractivity contribution in [1.82, 2.24) is 20.1 Å². The first-order valence-corrected chi connectivity index (χ1v) is 10.2. The largest absolute Gasteiger partial charge is 0.369 e. The van der Waals surface area contributed by atoms with Crippen molar-refractivity contribution in [3.63, 3.8) is 0 Å². The number of fused-ring (bicyclic) bond motifs is 1. The molecule has 31 heavy (non-hydrogen) atoms. The Bertz CT molecular complexity index is 1010. The normalized spacial score (nSPS) is 22.0. The molecule has 2 aromatic heterocycles. The minimum Gasteiger partial charge on any atom is -0.369 e. The van der Waals surface area contributed by atoms with Gasteiger partial charge in [-0.1, -0.05) is 0 Å². The molecule has 1 fully saturated rings. The molecule has 1 amide bonds. The van der Waals surface area contributed by atoms with E-state index in [1.54, 1.807) is 42.0 Å². The predicted molar refractivity (Wildman–Crippen MR) is 108 cm³/mol. The second-order valence-corrected chi connectivity index (χ2v) is 8.29. The fourth-order valence-corrected chi connectivity index (χ4v) is 3.76. The van der Waals surface area contributed by atoms with Crippen LogP contribution in [0.25, 0.3) is 0 Å². The van der Waals surface area contributed by atoms with Crippen LogP contribution in [-0.4, -0.2) is 53.0 Å². The highest BCUT2D eigenvalue weighted by Crippen LogP contribution is 2.55. The molecular weight excluding hydrogens is 408 g/mol. The van der Waals surface area contributed by atoms with E-state index in [0.29, 0.717) is 24.4 Å². The van der Waals surface area contributed by atoms with Crippen molar-refractivity contribution in [2.45, 2.75) is 56.9 Å². The first kappa shape index (κ1) is 21.4. The molecule has 1 aliphatic carbocycles. The Morgan fingerprint density at radius 2 is 2.19 bits per heavy atom. The van der Waals surface area contributed by atoms with E-state index in [1.165, 1.54) is 0 Å². The number of ether oxygens (including phenoxy) is 1. The van der Waals surface area contributed by atoms with Crippen LogP contribution in [0.3, 0.4) is 0 Å². The van der Waals surface area contributed by atoms with E-state index in [-0.39, 0.29) is 31.2 Å². The topological polar surface area (TPSA) is 89.3 Å². The number of pyridine rings is 1. The van der Waals surface area contributed by atoms with Crippen molar-refractivity contribution in [3.8, 4) is 0 Å². The molecule has 1 aliphatic heterocycles. The lowest BCUT2D eigenvalue weighted by atomic mass is 10.1. The monoisotopic (exact) mass is 433 g/mol. The van der Waals surface area contributed by atoms with Gasteiger partial charge in [0.25, 0.3) is 11.8 Å². The number of alkyl halides is 2. The number of anilines is 1. The number of carbonyl (C=O) groups is 2. The smallest absolute Gasteiger partial charge is 0.270 e. The Labute approximate surface area is 178 Å². The maximum Gasteiger partial charge on any atom is 0.270 e. The second-order valence-electron chi connectivity index (χ2n) is 8.29. The van der Waals surface area contributed by atoms with Gasteiger partial charge in [0.1, 0.15) is 17.8 Å². The van der Waals surface area contributed by atoms with E-state index in [0.717, 1.165) is 11.1 Å². The molecule has 1 N–H and O–H groups in total. The van der Waals surface area contributed by atoms with Gasteiger partial charge in [0.15, 0.2) is 0 Å². The number of aldehydes is 1. The van der Waals surface area contributed by atoms with Gasteiger partial charge in [-0.05, 0) is 25.0 Å². The van der Waals surface area contributed by atoms with Crippen molar-refractivity contribution in [2.24, 2.45) is 0 Å². The average Bonchev–Trinajstić information content (AvgIpc) is 3.06. The quantitative estimate of drug-likeness (QED) is 0.644. The van der Waals surface area contributed by atoms with E-state index in [2.05, 4.69) is 15.4 Å². The zero-order valence-electron chi connectivity index (χ0n) is 17.6. The summed E-state index contributed by atoms with van der Waals surface area (Å²) in [5.41, 5.74) is 2.43. The Hall–Kier alpha value is -2.88. The van der Waals surface area contributed by atoms with Gasteiger partial charge in [-0.15, -0.1) is 0 Å². The summed E-state index contributed by atoms with van der Waals surface area (Å²) >= 11 is 0. The van der Waals surface area contributed by atoms with Gasteiger partial charge in [-0.2, -0.15) is 5.10 Å². The first-order valence-electron chi connectivity index (χ1n) is 10.2. The van der Waals surface area contributed by atoms with Crippen molar-refractivity contribution < 1.29 is 23.1 Å². The molecule has 1 saturated carbocycles. The predicted octanol–water partition coefficient (Wildman–Crippen LogP) is 2.45. The number of hydrogen-bond acceptors (Lipinski definition) is 6. The van der Waals surface area contributed by atoms with Gasteiger partial charge < -0.3 is 19.7 Å². The standard InChI is InChI=1S/C21H25F2N5O3/c1-12-15-6-18(24-9-13(15)11-31-12)20(30)25-14(10-29)4-5-28-19(27(2)3)7-17(26-28)16-8-21(16,22)23/h6-7,9-10,12,14,16H,4-5,8,11H2,1-3H3,(H,25,30)/t12?,14-,16-/m0/s1. The Kier molecular flexibility index (Phi) is 5.50. The van der Waals surface area contributed by atoms with Crippen LogP contribution in [0.4, 0.5) is 14.6 Å². The van der Waals surface area contributed by atoms with Crippen LogP contribution < -0.4 is 10.2 Å². The molecule has 0 radical (unpaired) electrons. The summed E-state index contributed by atoms with van der Waals surface area (Å²) < 4.78 is 34.0. The van der Waals surface area contributed by atoms with Crippen LogP contribution in [0.2, 0.25) is 0 Å². The van der Waals surface area contributed by atoms with Crippen molar-refractivity contribution in [1.29, 1.82) is 0 Å². The minimum atomic E-state index is -2.70. The van der Waals surface area contributed by atoms with Gasteiger partial charge in [0.2, 0.25) is 0 Å². The first-order chi connectivity index (χ1) is 14.7.